The molecule has 2 aliphatic rings. The largest absolute Gasteiger partial charge is 0.480 e. The zero-order valence-electron chi connectivity index (χ0n) is 9.46. The van der Waals surface area contributed by atoms with Crippen LogP contribution in [0, 0.1) is 0 Å². The highest BCUT2D eigenvalue weighted by molar-refractivity contribution is 5.89. The molecule has 96 valence electrons. The number of aromatic carboxylic acids is 1. The quantitative estimate of drug-likeness (QED) is 0.576. The van der Waals surface area contributed by atoms with Gasteiger partial charge in [-0.25, -0.2) is 4.79 Å². The van der Waals surface area contributed by atoms with Gasteiger partial charge < -0.3 is 25.4 Å². The number of carboxylic acids is 1. The molecule has 1 unspecified atom stereocenters. The number of hydrogen-bond acceptors (Lipinski definition) is 5. The van der Waals surface area contributed by atoms with E-state index in [1.165, 1.54) is 12.1 Å². The van der Waals surface area contributed by atoms with Crippen molar-refractivity contribution in [2.75, 3.05) is 5.32 Å². The second kappa shape index (κ2) is 3.60. The standard InChI is InChI=1S/C12H13NO5/c14-7-4-12(5-7)11(17)13-8-3-6(10(15)16)1-2-9(8)18-12/h1-3,7,11,13-14,17H,4-5H2,(H,15,16). The molecule has 1 saturated carbocycles. The minimum atomic E-state index is -1.03. The Labute approximate surface area is 103 Å². The number of benzene rings is 1. The maximum atomic E-state index is 10.8. The number of carboxylic acid groups (broad SMARTS) is 1. The van der Waals surface area contributed by atoms with Crippen molar-refractivity contribution < 1.29 is 24.9 Å². The number of carbonyl (C=O) groups is 1. The first-order valence-corrected chi connectivity index (χ1v) is 5.69. The van der Waals surface area contributed by atoms with Crippen LogP contribution in [0.15, 0.2) is 18.2 Å². The van der Waals surface area contributed by atoms with Gasteiger partial charge in [-0.2, -0.15) is 0 Å². The average molecular weight is 251 g/mol. The van der Waals surface area contributed by atoms with Crippen LogP contribution in [0.4, 0.5) is 5.69 Å². The smallest absolute Gasteiger partial charge is 0.335 e. The Morgan fingerprint density at radius 1 is 1.39 bits per heavy atom. The van der Waals surface area contributed by atoms with Crippen LogP contribution in [0.2, 0.25) is 0 Å². The van der Waals surface area contributed by atoms with E-state index >= 15 is 0 Å². The van der Waals surface area contributed by atoms with Crippen molar-refractivity contribution in [3.05, 3.63) is 23.8 Å². The minimum Gasteiger partial charge on any atom is -0.480 e. The Kier molecular flexibility index (Phi) is 2.26. The Morgan fingerprint density at radius 3 is 2.72 bits per heavy atom. The maximum absolute atomic E-state index is 10.8. The van der Waals surface area contributed by atoms with Gasteiger partial charge in [0.1, 0.15) is 5.75 Å². The Hall–Kier alpha value is -1.79. The van der Waals surface area contributed by atoms with Crippen molar-refractivity contribution in [1.82, 2.24) is 0 Å². The average Bonchev–Trinajstić information content (AvgIpc) is 2.27. The molecule has 1 fully saturated rings. The van der Waals surface area contributed by atoms with E-state index in [0.29, 0.717) is 24.3 Å². The molecule has 0 saturated heterocycles. The monoisotopic (exact) mass is 251 g/mol. The van der Waals surface area contributed by atoms with Crippen LogP contribution in [-0.4, -0.2) is 39.2 Å². The molecule has 1 spiro atoms. The van der Waals surface area contributed by atoms with Crippen molar-refractivity contribution in [3.63, 3.8) is 0 Å². The van der Waals surface area contributed by atoms with Crippen molar-refractivity contribution in [1.29, 1.82) is 0 Å². The van der Waals surface area contributed by atoms with Crippen molar-refractivity contribution >= 4 is 11.7 Å². The summed E-state index contributed by atoms with van der Waals surface area (Å²) in [5.41, 5.74) is -0.215. The third-order valence-corrected chi connectivity index (χ3v) is 3.49. The number of ether oxygens (including phenoxy) is 1. The van der Waals surface area contributed by atoms with E-state index in [4.69, 9.17) is 9.84 Å². The molecule has 0 radical (unpaired) electrons. The third-order valence-electron chi connectivity index (χ3n) is 3.49. The van der Waals surface area contributed by atoms with Gasteiger partial charge in [-0.15, -0.1) is 0 Å². The van der Waals surface area contributed by atoms with Gasteiger partial charge in [0.15, 0.2) is 11.8 Å². The van der Waals surface area contributed by atoms with E-state index in [1.807, 2.05) is 0 Å². The van der Waals surface area contributed by atoms with Gasteiger partial charge in [-0.05, 0) is 18.2 Å². The summed E-state index contributed by atoms with van der Waals surface area (Å²) >= 11 is 0. The molecule has 1 atom stereocenters. The summed E-state index contributed by atoms with van der Waals surface area (Å²) in [6.45, 7) is 0. The van der Waals surface area contributed by atoms with E-state index < -0.39 is 23.9 Å². The Morgan fingerprint density at radius 2 is 2.11 bits per heavy atom. The maximum Gasteiger partial charge on any atom is 0.335 e. The molecule has 3 rings (SSSR count). The summed E-state index contributed by atoms with van der Waals surface area (Å²) in [6.07, 6.45) is -0.679. The van der Waals surface area contributed by atoms with Crippen LogP contribution < -0.4 is 10.1 Å². The molecule has 1 aromatic carbocycles. The molecule has 0 aromatic heterocycles. The number of nitrogens with one attached hydrogen (secondary N) is 1. The van der Waals surface area contributed by atoms with E-state index in [2.05, 4.69) is 5.32 Å². The van der Waals surface area contributed by atoms with Gasteiger partial charge in [0.05, 0.1) is 17.4 Å². The molecule has 18 heavy (non-hydrogen) atoms. The second-order valence-corrected chi connectivity index (χ2v) is 4.79. The predicted molar refractivity (Wildman–Crippen MR) is 61.6 cm³/mol. The molecule has 6 heteroatoms. The van der Waals surface area contributed by atoms with Crippen molar-refractivity contribution in [3.8, 4) is 5.75 Å². The normalized spacial score (nSPS) is 33.0. The lowest BCUT2D eigenvalue weighted by Crippen LogP contribution is -2.63. The third kappa shape index (κ3) is 1.53. The summed E-state index contributed by atoms with van der Waals surface area (Å²) in [5, 5.41) is 31.0. The lowest BCUT2D eigenvalue weighted by Gasteiger charge is -2.50. The summed E-state index contributed by atoms with van der Waals surface area (Å²) in [6, 6.07) is 4.43. The molecule has 0 bridgehead atoms. The van der Waals surface area contributed by atoms with Gasteiger partial charge >= 0.3 is 5.97 Å². The van der Waals surface area contributed by atoms with Crippen LogP contribution in [0.1, 0.15) is 23.2 Å². The Bertz CT molecular complexity index is 509. The second-order valence-electron chi connectivity index (χ2n) is 4.79. The van der Waals surface area contributed by atoms with Crippen LogP contribution in [0.3, 0.4) is 0 Å². The highest BCUT2D eigenvalue weighted by Crippen LogP contribution is 2.45. The molecule has 4 N–H and O–H groups in total. The molecule has 1 heterocycles. The fourth-order valence-electron chi connectivity index (χ4n) is 2.46. The van der Waals surface area contributed by atoms with Crippen molar-refractivity contribution in [2.45, 2.75) is 30.8 Å². The first-order valence-electron chi connectivity index (χ1n) is 5.69. The molecular weight excluding hydrogens is 238 g/mol. The fraction of sp³-hybridized carbons (Fsp3) is 0.417. The van der Waals surface area contributed by atoms with Gasteiger partial charge in [-0.1, -0.05) is 0 Å². The molecule has 1 aromatic rings. The number of anilines is 1. The van der Waals surface area contributed by atoms with E-state index in [0.717, 1.165) is 0 Å². The number of aliphatic hydroxyl groups excluding tert-OH is 2. The number of aliphatic hydroxyl groups is 2. The Balaban J connectivity index is 1.92. The van der Waals surface area contributed by atoms with E-state index in [1.54, 1.807) is 6.07 Å². The first-order chi connectivity index (χ1) is 8.50. The zero-order valence-corrected chi connectivity index (χ0v) is 9.46. The molecule has 0 amide bonds. The minimum absolute atomic E-state index is 0.127. The van der Waals surface area contributed by atoms with E-state index in [-0.39, 0.29) is 5.56 Å². The van der Waals surface area contributed by atoms with Crippen LogP contribution in [0.5, 0.6) is 5.75 Å². The number of hydrogen-bond donors (Lipinski definition) is 4. The van der Waals surface area contributed by atoms with Gasteiger partial charge in [0.25, 0.3) is 0 Å². The summed E-state index contributed by atoms with van der Waals surface area (Å²) in [4.78, 5) is 10.8. The highest BCUT2D eigenvalue weighted by Gasteiger charge is 2.54. The van der Waals surface area contributed by atoms with Crippen molar-refractivity contribution in [2.24, 2.45) is 0 Å². The topological polar surface area (TPSA) is 99.0 Å². The lowest BCUT2D eigenvalue weighted by atomic mass is 9.75. The van der Waals surface area contributed by atoms with Gasteiger partial charge in [0.2, 0.25) is 0 Å². The summed E-state index contributed by atoms with van der Waals surface area (Å²) in [5.74, 6) is -0.536. The molecule has 6 nitrogen and oxygen atoms in total. The fourth-order valence-corrected chi connectivity index (χ4v) is 2.46. The molecule has 1 aliphatic heterocycles. The molecule has 1 aliphatic carbocycles. The van der Waals surface area contributed by atoms with Gasteiger partial charge in [0, 0.05) is 12.8 Å². The van der Waals surface area contributed by atoms with Crippen LogP contribution in [0.25, 0.3) is 0 Å². The van der Waals surface area contributed by atoms with E-state index in [9.17, 15) is 15.0 Å². The van der Waals surface area contributed by atoms with Gasteiger partial charge in [-0.3, -0.25) is 0 Å². The zero-order chi connectivity index (χ0) is 12.9. The summed E-state index contributed by atoms with van der Waals surface area (Å²) in [7, 11) is 0. The van der Waals surface area contributed by atoms with Crippen LogP contribution >= 0.6 is 0 Å². The predicted octanol–water partition coefficient (Wildman–Crippen LogP) is 0.401. The molecular formula is C12H13NO5. The number of fused-ring (bicyclic) bond motifs is 1. The first kappa shape index (κ1) is 11.3. The highest BCUT2D eigenvalue weighted by atomic mass is 16.5. The SMILES string of the molecule is O=C(O)c1ccc2c(c1)NC(O)C1(CC(O)C1)O2. The summed E-state index contributed by atoms with van der Waals surface area (Å²) < 4.78 is 5.71. The lowest BCUT2D eigenvalue weighted by molar-refractivity contribution is -0.154. The van der Waals surface area contributed by atoms with Crippen LogP contribution in [-0.2, 0) is 0 Å². The number of rotatable bonds is 1.